The fourth-order valence-electron chi connectivity index (χ4n) is 6.40. The summed E-state index contributed by atoms with van der Waals surface area (Å²) in [6, 6.07) is 8.65. The van der Waals surface area contributed by atoms with Crippen LogP contribution in [0, 0.1) is 0 Å². The molecule has 5 rings (SSSR count). The number of aromatic nitrogens is 2. The van der Waals surface area contributed by atoms with Crippen LogP contribution in [0.1, 0.15) is 80.3 Å². The first-order valence-corrected chi connectivity index (χ1v) is 13.9. The maximum absolute atomic E-state index is 12.2. The van der Waals surface area contributed by atoms with Crippen molar-refractivity contribution in [1.82, 2.24) is 20.2 Å². The summed E-state index contributed by atoms with van der Waals surface area (Å²) in [6.45, 7) is 5.13. The van der Waals surface area contributed by atoms with E-state index in [-0.39, 0.29) is 29.4 Å². The van der Waals surface area contributed by atoms with E-state index >= 15 is 0 Å². The van der Waals surface area contributed by atoms with Crippen molar-refractivity contribution in [1.29, 1.82) is 0 Å². The number of carbonyl (C=O) groups is 2. The Labute approximate surface area is 224 Å². The van der Waals surface area contributed by atoms with E-state index in [4.69, 9.17) is 5.73 Å². The molecule has 10 nitrogen and oxygen atoms in total. The zero-order valence-corrected chi connectivity index (χ0v) is 22.1. The van der Waals surface area contributed by atoms with Crippen molar-refractivity contribution >= 4 is 29.3 Å². The molecule has 2 aliphatic heterocycles. The summed E-state index contributed by atoms with van der Waals surface area (Å²) in [5, 5.41) is 16.5. The number of anilines is 3. The summed E-state index contributed by atoms with van der Waals surface area (Å²) in [7, 11) is 0. The van der Waals surface area contributed by atoms with Crippen LogP contribution in [-0.4, -0.2) is 69.7 Å². The number of carbonyl (C=O) groups excluding carboxylic acids is 1. The molecular formula is C28H39N7O3. The molecule has 2 unspecified atom stereocenters. The number of benzene rings is 1. The van der Waals surface area contributed by atoms with Crippen LogP contribution in [0.3, 0.4) is 0 Å². The molecule has 2 amide bonds. The molecule has 0 bridgehead atoms. The van der Waals surface area contributed by atoms with Gasteiger partial charge in [-0.2, -0.15) is 0 Å². The number of piperidine rings is 2. The van der Waals surface area contributed by atoms with Gasteiger partial charge in [0.25, 0.3) is 5.91 Å². The molecule has 0 spiro atoms. The molecule has 2 saturated heterocycles. The molecular weight excluding hydrogens is 482 g/mol. The van der Waals surface area contributed by atoms with Crippen molar-refractivity contribution in [3.8, 4) is 0 Å². The summed E-state index contributed by atoms with van der Waals surface area (Å²) in [5.74, 6) is 0.125. The molecule has 1 aromatic heterocycles. The predicted molar refractivity (Wildman–Crippen MR) is 147 cm³/mol. The Hall–Kier alpha value is -3.24. The fourth-order valence-corrected chi connectivity index (χ4v) is 6.40. The SMILES string of the molecule is CC1NCCCC1N(C(=O)O)c1cnc(C(N)=O)c(Nc2ccc(C3CCN(C4CCCC4)CC3)cc2)n1. The third kappa shape index (κ3) is 5.76. The lowest BCUT2D eigenvalue weighted by Crippen LogP contribution is -2.54. The van der Waals surface area contributed by atoms with Crippen LogP contribution in [0.25, 0.3) is 0 Å². The minimum Gasteiger partial charge on any atom is -0.465 e. The monoisotopic (exact) mass is 521 g/mol. The number of nitrogens with two attached hydrogens (primary N) is 1. The summed E-state index contributed by atoms with van der Waals surface area (Å²) in [6.07, 6.45) is 9.55. The lowest BCUT2D eigenvalue weighted by atomic mass is 9.88. The van der Waals surface area contributed by atoms with Crippen molar-refractivity contribution in [2.75, 3.05) is 29.9 Å². The van der Waals surface area contributed by atoms with E-state index in [1.54, 1.807) is 0 Å². The van der Waals surface area contributed by atoms with Crippen molar-refractivity contribution in [3.05, 3.63) is 41.7 Å². The Morgan fingerprint density at radius 2 is 1.79 bits per heavy atom. The van der Waals surface area contributed by atoms with Gasteiger partial charge in [0.15, 0.2) is 17.3 Å². The van der Waals surface area contributed by atoms with Gasteiger partial charge in [-0.15, -0.1) is 0 Å². The van der Waals surface area contributed by atoms with E-state index in [1.807, 2.05) is 19.1 Å². The van der Waals surface area contributed by atoms with Crippen LogP contribution in [0.2, 0.25) is 0 Å². The number of primary amides is 1. The Morgan fingerprint density at radius 3 is 2.42 bits per heavy atom. The lowest BCUT2D eigenvalue weighted by molar-refractivity contribution is 0.0996. The first kappa shape index (κ1) is 26.4. The van der Waals surface area contributed by atoms with Gasteiger partial charge in [0.05, 0.1) is 12.2 Å². The number of likely N-dealkylation sites (tertiary alicyclic amines) is 1. The number of hydrogen-bond donors (Lipinski definition) is 4. The van der Waals surface area contributed by atoms with Crippen LogP contribution in [0.4, 0.5) is 22.1 Å². The molecule has 204 valence electrons. The predicted octanol–water partition coefficient (Wildman–Crippen LogP) is 4.07. The first-order valence-electron chi connectivity index (χ1n) is 13.9. The second-order valence-corrected chi connectivity index (χ2v) is 10.9. The van der Waals surface area contributed by atoms with Gasteiger partial charge in [-0.3, -0.25) is 9.69 Å². The molecule has 3 heterocycles. The highest BCUT2D eigenvalue weighted by atomic mass is 16.4. The van der Waals surface area contributed by atoms with Gasteiger partial charge < -0.3 is 26.4 Å². The highest BCUT2D eigenvalue weighted by Gasteiger charge is 2.33. The number of rotatable bonds is 7. The van der Waals surface area contributed by atoms with Gasteiger partial charge in [0, 0.05) is 17.8 Å². The molecule has 3 fully saturated rings. The fraction of sp³-hybridized carbons (Fsp3) is 0.571. The quantitative estimate of drug-likeness (QED) is 0.428. The number of nitrogens with zero attached hydrogens (tertiary/aromatic N) is 4. The van der Waals surface area contributed by atoms with E-state index < -0.39 is 12.0 Å². The Bertz CT molecular complexity index is 1130. The number of hydrogen-bond acceptors (Lipinski definition) is 7. The van der Waals surface area contributed by atoms with Crippen molar-refractivity contribution in [2.24, 2.45) is 5.73 Å². The number of nitrogens with one attached hydrogen (secondary N) is 2. The maximum atomic E-state index is 12.2. The molecule has 1 aromatic carbocycles. The van der Waals surface area contributed by atoms with Crippen LogP contribution >= 0.6 is 0 Å². The number of amides is 2. The minimum absolute atomic E-state index is 0.0303. The molecule has 3 aliphatic rings. The normalized spacial score (nSPS) is 23.3. The first-order chi connectivity index (χ1) is 18.4. The third-order valence-electron chi connectivity index (χ3n) is 8.51. The summed E-state index contributed by atoms with van der Waals surface area (Å²) in [5.41, 5.74) is 7.59. The molecule has 2 atom stereocenters. The molecule has 38 heavy (non-hydrogen) atoms. The van der Waals surface area contributed by atoms with Gasteiger partial charge in [-0.1, -0.05) is 25.0 Å². The maximum Gasteiger partial charge on any atom is 0.413 e. The molecule has 2 aromatic rings. The number of carboxylic acid groups (broad SMARTS) is 1. The standard InChI is InChI=1S/C28H39N7O3/c1-18-23(7-4-14-30-18)35(28(37)38)24-17-31-25(26(29)36)27(33-24)32-21-10-8-19(9-11-21)20-12-15-34(16-13-20)22-5-2-3-6-22/h8-11,17-18,20,22-23,30H,2-7,12-16H2,1H3,(H2,29,36)(H,32,33)(H,37,38). The largest absolute Gasteiger partial charge is 0.465 e. The summed E-state index contributed by atoms with van der Waals surface area (Å²) in [4.78, 5) is 37.0. The van der Waals surface area contributed by atoms with Crippen molar-refractivity contribution in [2.45, 2.75) is 82.3 Å². The van der Waals surface area contributed by atoms with Crippen molar-refractivity contribution < 1.29 is 14.7 Å². The van der Waals surface area contributed by atoms with Crippen LogP contribution in [-0.2, 0) is 0 Å². The van der Waals surface area contributed by atoms with Gasteiger partial charge in [-0.25, -0.2) is 14.8 Å². The smallest absolute Gasteiger partial charge is 0.413 e. The zero-order chi connectivity index (χ0) is 26.6. The summed E-state index contributed by atoms with van der Waals surface area (Å²) < 4.78 is 0. The highest BCUT2D eigenvalue weighted by Crippen LogP contribution is 2.33. The Balaban J connectivity index is 1.31. The minimum atomic E-state index is -1.11. The van der Waals surface area contributed by atoms with Gasteiger partial charge in [0.2, 0.25) is 0 Å². The van der Waals surface area contributed by atoms with Gasteiger partial charge in [-0.05, 0) is 88.7 Å². The van der Waals surface area contributed by atoms with Crippen LogP contribution in [0.15, 0.2) is 30.5 Å². The van der Waals surface area contributed by atoms with Gasteiger partial charge in [0.1, 0.15) is 0 Å². The molecule has 10 heteroatoms. The van der Waals surface area contributed by atoms with Crippen molar-refractivity contribution in [3.63, 3.8) is 0 Å². The molecule has 1 aliphatic carbocycles. The lowest BCUT2D eigenvalue weighted by Gasteiger charge is -2.36. The average molecular weight is 522 g/mol. The third-order valence-corrected chi connectivity index (χ3v) is 8.51. The topological polar surface area (TPSA) is 137 Å². The van der Waals surface area contributed by atoms with E-state index in [9.17, 15) is 14.7 Å². The van der Waals surface area contributed by atoms with Crippen LogP contribution in [0.5, 0.6) is 0 Å². The second kappa shape index (κ2) is 11.7. The molecule has 0 radical (unpaired) electrons. The molecule has 1 saturated carbocycles. The summed E-state index contributed by atoms with van der Waals surface area (Å²) >= 11 is 0. The van der Waals surface area contributed by atoms with E-state index in [0.717, 1.165) is 37.8 Å². The Morgan fingerprint density at radius 1 is 1.08 bits per heavy atom. The van der Waals surface area contributed by atoms with E-state index in [1.165, 1.54) is 55.2 Å². The average Bonchev–Trinajstić information content (AvgIpc) is 3.46. The van der Waals surface area contributed by atoms with Gasteiger partial charge >= 0.3 is 6.09 Å². The Kier molecular flexibility index (Phi) is 8.09. The van der Waals surface area contributed by atoms with E-state index in [2.05, 4.69) is 37.6 Å². The van der Waals surface area contributed by atoms with E-state index in [0.29, 0.717) is 12.3 Å². The second-order valence-electron chi connectivity index (χ2n) is 10.9. The van der Waals surface area contributed by atoms with Crippen LogP contribution < -0.4 is 21.3 Å². The molecule has 5 N–H and O–H groups in total. The highest BCUT2D eigenvalue weighted by molar-refractivity contribution is 5.97. The zero-order valence-electron chi connectivity index (χ0n) is 22.1.